The predicted octanol–water partition coefficient (Wildman–Crippen LogP) is 3.77. The number of alkyl halides is 3. The minimum atomic E-state index is -2.27. The van der Waals surface area contributed by atoms with Crippen molar-refractivity contribution in [3.05, 3.63) is 115 Å². The first-order valence-electron chi connectivity index (χ1n) is 45.5. The van der Waals surface area contributed by atoms with Crippen LogP contribution < -0.4 is 85.6 Å². The molecule has 6 aliphatic rings. The molecule has 2 amide bonds. The van der Waals surface area contributed by atoms with Crippen LogP contribution in [0.1, 0.15) is 190 Å². The molecule has 6 saturated heterocycles. The topological polar surface area (TPSA) is 687 Å². The van der Waals surface area contributed by atoms with Crippen LogP contribution in [0.5, 0.6) is 0 Å². The van der Waals surface area contributed by atoms with Gasteiger partial charge in [-0.2, -0.15) is 0 Å². The Balaban J connectivity index is -0.000000126. The smallest absolute Gasteiger partial charge is 1.00 e. The van der Waals surface area contributed by atoms with Crippen LogP contribution in [0.4, 0.5) is 27.8 Å². The van der Waals surface area contributed by atoms with E-state index in [9.17, 15) is 66.6 Å². The summed E-state index contributed by atoms with van der Waals surface area (Å²) in [5.41, 5.74) is -0.0212. The van der Waals surface area contributed by atoms with Crippen LogP contribution in [0.25, 0.3) is 0 Å². The summed E-state index contributed by atoms with van der Waals surface area (Å²) in [7, 11) is 1.50. The van der Waals surface area contributed by atoms with E-state index in [1.54, 1.807) is 32.6 Å². The van der Waals surface area contributed by atoms with Gasteiger partial charge < -0.3 is 159 Å². The maximum atomic E-state index is 12.0. The second-order valence-corrected chi connectivity index (χ2v) is 37.3. The van der Waals surface area contributed by atoms with E-state index in [4.69, 9.17) is 172 Å². The molecule has 2 radical (unpaired) electrons. The normalized spacial score (nSPS) is 16.9. The summed E-state index contributed by atoms with van der Waals surface area (Å²) in [6, 6.07) is 28.3. The zero-order valence-electron chi connectivity index (χ0n) is 91.3. The molecule has 1 unspecified atom stereocenters. The Bertz CT molecular complexity index is 3910. The second kappa shape index (κ2) is 96.2. The standard InChI is InChI=1S/C17H23NO4.C13H15NO4.3C9H17NO2.C8H7ClO2.C6H10Cl3NO.C5H9NO2.2C4H6O6.2C2H6O.C2H6.CH3BF.CH2O3.CH4O.CH3.F2.2Na.V.H/c1-17(2,3)22-15(19)14-9-10-18(11-14)16(20)21-12-13-7-5-4-6-8-13;15-12(16)11-6-7-14(8-11)13(17)18-9-10-4-2-1-3-5-10;3*1-9(2,3)12-8(11)7-4-5-10-6-7;9-8(10)11-6-7-4-2-1-3-5-7;1-5(2,3)11-4(10)6(7,8)9;7-5(8)4-1-2-6-3-4;2*5-1(3(7)8)2(6)4(9)10;2*1-2-3;1-2;1-2-3;2-1-4-3;1-2;;1-2;;;;/h4-8,14H,9-12H2,1-3H3;1-5,11H,6-9H2,(H,15,16);3*7,10H,4-6H2,1-3H3;1-5H,6H2;10H,1-3H3;4,6H,1-3H2,(H,7,8);2*1-2,5-6H,(H,7,8)(H,9,10);2*3H,2H2,1H3;1-2H3;1H3;1,3H;2H,1H3;1H3;;;;;/q;;;;;;;;;;;;;;;;-1;;2*+1;;-1/p-1/t14-;11-;3*7-;;;4-;2*1-,2-;;;;;;;;;;;;/m11111..111............/s1/i;;;;;;;;;;2D;;;;;;;;;;;. The number of benzene rings is 3. The van der Waals surface area contributed by atoms with Gasteiger partial charge in [0, 0.05) is 112 Å². The third kappa shape index (κ3) is 98.3. The van der Waals surface area contributed by atoms with Crippen LogP contribution in [-0.4, -0.2) is 328 Å². The third-order valence-corrected chi connectivity index (χ3v) is 17.3. The molecule has 44 nitrogen and oxygen atoms in total. The van der Waals surface area contributed by atoms with Gasteiger partial charge in [0.25, 0.3) is 10.3 Å². The molecule has 18 N–H and O–H groups in total. The maximum Gasteiger partial charge on any atom is 1.00 e. The van der Waals surface area contributed by atoms with Crippen molar-refractivity contribution in [3.63, 3.8) is 0 Å². The Morgan fingerprint density at radius 3 is 0.846 bits per heavy atom. The zero-order chi connectivity index (χ0) is 115. The largest absolute Gasteiger partial charge is 1.00 e. The van der Waals surface area contributed by atoms with E-state index in [-0.39, 0.29) is 208 Å². The summed E-state index contributed by atoms with van der Waals surface area (Å²) in [6.45, 7) is 44.4. The Hall–Kier alpha value is -7.57. The minimum Gasteiger partial charge on any atom is -1.00 e. The minimum absolute atomic E-state index is 0. The van der Waals surface area contributed by atoms with Gasteiger partial charge in [-0.1, -0.05) is 146 Å². The van der Waals surface area contributed by atoms with Crippen LogP contribution >= 0.6 is 46.4 Å². The van der Waals surface area contributed by atoms with Crippen LogP contribution in [-0.2, 0) is 134 Å². The number of halogens is 7. The Morgan fingerprint density at radius 1 is 0.470 bits per heavy atom. The second-order valence-electron chi connectivity index (χ2n) is 34.7. The van der Waals surface area contributed by atoms with Crippen molar-refractivity contribution in [1.29, 1.82) is 5.41 Å². The van der Waals surface area contributed by atoms with E-state index in [1.807, 2.05) is 188 Å². The Labute approximate surface area is 950 Å². The van der Waals surface area contributed by atoms with E-state index < -0.39 is 99.2 Å². The van der Waals surface area contributed by atoms with E-state index in [2.05, 4.69) is 30.9 Å². The number of amides is 2. The summed E-state index contributed by atoms with van der Waals surface area (Å²) >= 11 is 21.1. The first-order valence-corrected chi connectivity index (χ1v) is 46.5. The summed E-state index contributed by atoms with van der Waals surface area (Å²) in [6.07, 6.45) is -5.25. The van der Waals surface area contributed by atoms with Gasteiger partial charge in [-0.05, 0) is 199 Å². The summed E-state index contributed by atoms with van der Waals surface area (Å²) in [4.78, 5) is 154. The number of aliphatic carboxylic acids is 6. The van der Waals surface area contributed by atoms with E-state index >= 15 is 0 Å². The first kappa shape index (κ1) is 164. The number of carbonyl (C=O) groups excluding carboxylic acids is 8. The van der Waals surface area contributed by atoms with E-state index in [0.717, 1.165) is 95.3 Å². The molecule has 3 aromatic rings. The molecule has 55 heteroatoms. The zero-order valence-corrected chi connectivity index (χ0v) is 97.7. The fourth-order valence-corrected chi connectivity index (χ4v) is 10.6. The number of ether oxygens (including phenoxy) is 8. The summed E-state index contributed by atoms with van der Waals surface area (Å²) in [5.74, 6) is -10.0. The summed E-state index contributed by atoms with van der Waals surface area (Å²) < 4.78 is 71.6. The number of likely N-dealkylation sites (tertiary alicyclic amines) is 2. The number of nitrogens with zero attached hydrogens (tertiary/aromatic N) is 2. The molecule has 0 saturated carbocycles. The van der Waals surface area contributed by atoms with Crippen molar-refractivity contribution >= 4 is 144 Å². The van der Waals surface area contributed by atoms with Crippen molar-refractivity contribution in [2.45, 2.75) is 253 Å². The Kier molecular flexibility index (Phi) is 106. The molecule has 0 aliphatic carbocycles. The van der Waals surface area contributed by atoms with Gasteiger partial charge in [-0.3, -0.25) is 39.0 Å². The molecule has 6 aliphatic heterocycles. The van der Waals surface area contributed by atoms with Crippen molar-refractivity contribution < 1.29 is 275 Å². The molecule has 11 atom stereocenters. The number of carbonyl (C=O) groups is 14. The molecular formula is C94H157BCl4F3N7Na2O37V-. The van der Waals surface area contributed by atoms with Gasteiger partial charge in [0.05, 0.1) is 36.9 Å². The number of hydrogen-bond donors (Lipinski definition) is 18. The van der Waals surface area contributed by atoms with Crippen molar-refractivity contribution in [1.82, 2.24) is 31.1 Å². The van der Waals surface area contributed by atoms with Gasteiger partial charge in [-0.15, -0.1) is 0 Å². The van der Waals surface area contributed by atoms with Crippen LogP contribution in [0.15, 0.2) is 91.0 Å². The number of hydrogen-bond acceptors (Lipinski definition) is 36. The number of esters is 4. The predicted molar refractivity (Wildman–Crippen MR) is 536 cm³/mol. The molecule has 0 aromatic heterocycles. The van der Waals surface area contributed by atoms with E-state index in [0.29, 0.717) is 46.6 Å². The van der Waals surface area contributed by atoms with Crippen LogP contribution in [0.3, 0.4) is 0 Å². The fourth-order valence-electron chi connectivity index (χ4n) is 10.5. The number of aliphatic hydroxyl groups excluding tert-OH is 7. The van der Waals surface area contributed by atoms with Crippen LogP contribution in [0.2, 0.25) is 6.82 Å². The number of carboxylic acid groups (broad SMARTS) is 6. The van der Waals surface area contributed by atoms with Crippen LogP contribution in [0, 0.1) is 48.3 Å². The molecule has 6 heterocycles. The molecule has 0 bridgehead atoms. The quantitative estimate of drug-likeness (QED) is 0.00694. The van der Waals surface area contributed by atoms with Crippen molar-refractivity contribution in [3.8, 4) is 0 Å². The molecule has 850 valence electrons. The fraction of sp³-hybridized carbons (Fsp3) is 0.638. The van der Waals surface area contributed by atoms with Gasteiger partial charge >= 0.3 is 144 Å². The Morgan fingerprint density at radius 2 is 0.678 bits per heavy atom. The third-order valence-electron chi connectivity index (χ3n) is 16.7. The van der Waals surface area contributed by atoms with Gasteiger partial charge in [0.2, 0.25) is 5.90 Å². The van der Waals surface area contributed by atoms with E-state index in [1.165, 1.54) is 18.6 Å². The first-order chi connectivity index (χ1) is 67.6. The molecule has 3 aromatic carbocycles. The monoisotopic (exact) mass is 2280 g/mol. The molecule has 6 fully saturated rings. The van der Waals surface area contributed by atoms with Gasteiger partial charge in [0.1, 0.15) is 47.8 Å². The van der Waals surface area contributed by atoms with Crippen molar-refractivity contribution in [2.24, 2.45) is 35.5 Å². The van der Waals surface area contributed by atoms with Gasteiger partial charge in [0.15, 0.2) is 24.4 Å². The molecule has 149 heavy (non-hydrogen) atoms. The summed E-state index contributed by atoms with van der Waals surface area (Å²) in [5, 5.41) is 133. The number of carboxylic acids is 6. The SMILES string of the molecule is CC.CC(C)(C)OC(=N)C(Cl)(Cl)Cl.CC(C)(C)OC(=O)[C@@H]1CCN(C(=O)OCc2ccccc2)C1.CC(C)(C)OC(=O)[C@@H]1CCNC1.CC(C)(C)OC(=O)[C@@H]1CCNC1.CC(C)(C)OC(=O)[C@@H]1CCNC1.CCO.CO.C[B]F.FF.O=C(Cl)OCc1ccccc1.O=C(O)[C@@H]1CCN(C(=O)OCc2ccccc2)C1.O=C(O)[C@@H]1CCNC1.O=C(O)[C@H](O)[C@@H](O)C(=O)O.O=C(O)[C@H](O)[C@@H](O)C(=O)O.O=CO[O-].[2H]C(C)O.[CH3-].[H-].[Na+].[Na+].[V]. The number of rotatable bonds is 19. The molecule has 9 rings (SSSR count). The molecular weight excluding hydrogens is 2130 g/mol. The average Bonchev–Trinajstić information content (AvgIpc) is 1.72. The number of aliphatic hydroxyl groups is 7. The maximum absolute atomic E-state index is 12.0. The molecule has 0 spiro atoms. The average molecular weight is 2280 g/mol. The van der Waals surface area contributed by atoms with Gasteiger partial charge in [-0.25, -0.2) is 33.6 Å². The van der Waals surface area contributed by atoms with Crippen molar-refractivity contribution in [2.75, 3.05) is 98.8 Å². The number of nitrogens with one attached hydrogen (secondary N) is 5.